The van der Waals surface area contributed by atoms with E-state index in [1.54, 1.807) is 0 Å². The molecule has 1 aromatic carbocycles. The van der Waals surface area contributed by atoms with E-state index in [0.717, 1.165) is 0 Å². The molecule has 0 atom stereocenters. The summed E-state index contributed by atoms with van der Waals surface area (Å²) in [4.78, 5) is -1.50. The first kappa shape index (κ1) is 12.8. The van der Waals surface area contributed by atoms with E-state index in [4.69, 9.17) is 0 Å². The van der Waals surface area contributed by atoms with Gasteiger partial charge in [-0.1, -0.05) is 0 Å². The van der Waals surface area contributed by atoms with Crippen molar-refractivity contribution in [2.75, 3.05) is 0 Å². The fourth-order valence-electron chi connectivity index (χ4n) is 0.961. The lowest BCUT2D eigenvalue weighted by Crippen LogP contribution is -2.12. The molecule has 0 spiro atoms. The van der Waals surface area contributed by atoms with Gasteiger partial charge in [-0.05, 0) is 12.1 Å². The van der Waals surface area contributed by atoms with Crippen LogP contribution in [0, 0.1) is 11.6 Å². The molecule has 9 heteroatoms. The Morgan fingerprint density at radius 1 is 1.00 bits per heavy atom. The van der Waals surface area contributed by atoms with Gasteiger partial charge >= 0.3 is 16.4 Å². The van der Waals surface area contributed by atoms with E-state index >= 15 is 0 Å². The van der Waals surface area contributed by atoms with Crippen molar-refractivity contribution < 1.29 is 34.3 Å². The van der Waals surface area contributed by atoms with E-state index < -0.39 is 38.5 Å². The highest BCUT2D eigenvalue weighted by molar-refractivity contribution is 7.86. The Morgan fingerprint density at radius 2 is 1.38 bits per heavy atom. The van der Waals surface area contributed by atoms with Crippen LogP contribution >= 0.6 is 0 Å². The SMILES string of the molecule is O=S(=O)(F)c1cc(F)c(C(F)(F)F)c(F)c1. The summed E-state index contributed by atoms with van der Waals surface area (Å²) in [6, 6.07) is -0.470. The van der Waals surface area contributed by atoms with Gasteiger partial charge in [0.1, 0.15) is 22.1 Å². The lowest BCUT2D eigenvalue weighted by atomic mass is 10.2. The minimum absolute atomic E-state index is 0.235. The van der Waals surface area contributed by atoms with Gasteiger partial charge in [0.05, 0.1) is 0 Å². The van der Waals surface area contributed by atoms with E-state index in [1.807, 2.05) is 0 Å². The van der Waals surface area contributed by atoms with Gasteiger partial charge in [0.2, 0.25) is 0 Å². The van der Waals surface area contributed by atoms with Crippen LogP contribution in [0.4, 0.5) is 25.8 Å². The fraction of sp³-hybridized carbons (Fsp3) is 0.143. The van der Waals surface area contributed by atoms with Crippen LogP contribution in [0.2, 0.25) is 0 Å². The number of halogens is 6. The van der Waals surface area contributed by atoms with Crippen LogP contribution in [-0.2, 0) is 16.4 Å². The number of rotatable bonds is 1. The highest BCUT2D eigenvalue weighted by atomic mass is 32.3. The van der Waals surface area contributed by atoms with Gasteiger partial charge in [0.15, 0.2) is 0 Å². The standard InChI is InChI=1S/C7H2F6O2S/c8-4-1-3(16(13,14)15)2-5(9)6(4)7(10,11)12/h1-2H. The number of benzene rings is 1. The topological polar surface area (TPSA) is 34.1 Å². The summed E-state index contributed by atoms with van der Waals surface area (Å²) in [6.07, 6.45) is -5.33. The van der Waals surface area contributed by atoms with E-state index in [0.29, 0.717) is 0 Å². The molecule has 2 nitrogen and oxygen atoms in total. The van der Waals surface area contributed by atoms with Crippen LogP contribution in [0.1, 0.15) is 5.56 Å². The quantitative estimate of drug-likeness (QED) is 0.577. The molecule has 0 aliphatic rings. The average molecular weight is 264 g/mol. The van der Waals surface area contributed by atoms with E-state index in [1.165, 1.54) is 0 Å². The third-order valence-electron chi connectivity index (χ3n) is 1.58. The largest absolute Gasteiger partial charge is 0.422 e. The molecule has 0 heterocycles. The molecule has 0 amide bonds. The second-order valence-corrected chi connectivity index (χ2v) is 4.04. The van der Waals surface area contributed by atoms with Gasteiger partial charge in [0.25, 0.3) is 0 Å². The molecule has 90 valence electrons. The van der Waals surface area contributed by atoms with Crippen LogP contribution in [0.3, 0.4) is 0 Å². The Balaban J connectivity index is 3.53. The number of hydrogen-bond donors (Lipinski definition) is 0. The second kappa shape index (κ2) is 3.65. The number of hydrogen-bond acceptors (Lipinski definition) is 2. The summed E-state index contributed by atoms with van der Waals surface area (Å²) < 4.78 is 94.2. The molecular weight excluding hydrogens is 262 g/mol. The minimum Gasteiger partial charge on any atom is -0.206 e. The maximum absolute atomic E-state index is 12.7. The van der Waals surface area contributed by atoms with Crippen molar-refractivity contribution in [2.24, 2.45) is 0 Å². The highest BCUT2D eigenvalue weighted by Crippen LogP contribution is 2.34. The second-order valence-electron chi connectivity index (χ2n) is 2.70. The predicted octanol–water partition coefficient (Wildman–Crippen LogP) is 2.64. The summed E-state index contributed by atoms with van der Waals surface area (Å²) >= 11 is 0. The van der Waals surface area contributed by atoms with Crippen LogP contribution in [0.5, 0.6) is 0 Å². The number of alkyl halides is 3. The van der Waals surface area contributed by atoms with Crippen molar-refractivity contribution >= 4 is 10.2 Å². The van der Waals surface area contributed by atoms with Gasteiger partial charge in [-0.2, -0.15) is 21.6 Å². The molecule has 0 aliphatic carbocycles. The molecule has 0 aromatic heterocycles. The van der Waals surface area contributed by atoms with Crippen molar-refractivity contribution in [3.05, 3.63) is 29.3 Å². The van der Waals surface area contributed by atoms with Gasteiger partial charge in [0, 0.05) is 0 Å². The zero-order valence-electron chi connectivity index (χ0n) is 7.15. The third kappa shape index (κ3) is 2.46. The van der Waals surface area contributed by atoms with Crippen LogP contribution in [0.25, 0.3) is 0 Å². The van der Waals surface area contributed by atoms with Gasteiger partial charge in [-0.25, -0.2) is 8.78 Å². The van der Waals surface area contributed by atoms with Gasteiger partial charge in [-0.3, -0.25) is 0 Å². The summed E-state index contributed by atoms with van der Waals surface area (Å²) in [5.41, 5.74) is -2.26. The van der Waals surface area contributed by atoms with Crippen molar-refractivity contribution in [2.45, 2.75) is 11.1 Å². The van der Waals surface area contributed by atoms with Gasteiger partial charge < -0.3 is 0 Å². The Kier molecular flexibility index (Phi) is 2.92. The molecule has 16 heavy (non-hydrogen) atoms. The lowest BCUT2D eigenvalue weighted by Gasteiger charge is -2.09. The highest BCUT2D eigenvalue weighted by Gasteiger charge is 2.38. The van der Waals surface area contributed by atoms with Crippen molar-refractivity contribution in [3.8, 4) is 0 Å². The Bertz CT molecular complexity index is 495. The van der Waals surface area contributed by atoms with Crippen molar-refractivity contribution in [1.29, 1.82) is 0 Å². The average Bonchev–Trinajstić information content (AvgIpc) is 1.97. The minimum atomic E-state index is -5.46. The smallest absolute Gasteiger partial charge is 0.206 e. The Labute approximate surface area is 85.7 Å². The molecule has 1 rings (SSSR count). The molecule has 0 bridgehead atoms. The van der Waals surface area contributed by atoms with E-state index in [-0.39, 0.29) is 12.1 Å². The van der Waals surface area contributed by atoms with Gasteiger partial charge in [-0.15, -0.1) is 3.89 Å². The molecule has 0 unspecified atom stereocenters. The van der Waals surface area contributed by atoms with E-state index in [9.17, 15) is 34.3 Å². The molecular formula is C7H2F6O2S. The molecule has 0 saturated heterocycles. The van der Waals surface area contributed by atoms with Crippen LogP contribution in [0.15, 0.2) is 17.0 Å². The first-order chi connectivity index (χ1) is 7.03. The molecule has 0 saturated carbocycles. The zero-order valence-corrected chi connectivity index (χ0v) is 7.96. The summed E-state index contributed by atoms with van der Waals surface area (Å²) in [7, 11) is -5.46. The monoisotopic (exact) mass is 264 g/mol. The predicted molar refractivity (Wildman–Crippen MR) is 39.7 cm³/mol. The Hall–Kier alpha value is -1.25. The molecule has 0 N–H and O–H groups in total. The molecule has 1 aromatic rings. The maximum atomic E-state index is 12.7. The molecule has 0 radical (unpaired) electrons. The molecule has 0 fully saturated rings. The maximum Gasteiger partial charge on any atom is 0.422 e. The zero-order chi connectivity index (χ0) is 12.7. The van der Waals surface area contributed by atoms with Crippen LogP contribution in [-0.4, -0.2) is 8.42 Å². The summed E-state index contributed by atoms with van der Waals surface area (Å²) in [5.74, 6) is -4.38. The molecule has 0 aliphatic heterocycles. The van der Waals surface area contributed by atoms with E-state index in [2.05, 4.69) is 0 Å². The lowest BCUT2D eigenvalue weighted by molar-refractivity contribution is -0.142. The fourth-order valence-corrected chi connectivity index (χ4v) is 1.45. The Morgan fingerprint density at radius 3 is 1.62 bits per heavy atom. The summed E-state index contributed by atoms with van der Waals surface area (Å²) in [6.45, 7) is 0. The van der Waals surface area contributed by atoms with Crippen molar-refractivity contribution in [1.82, 2.24) is 0 Å². The normalized spacial score (nSPS) is 12.9. The third-order valence-corrected chi connectivity index (χ3v) is 2.38. The van der Waals surface area contributed by atoms with Crippen molar-refractivity contribution in [3.63, 3.8) is 0 Å². The first-order valence-corrected chi connectivity index (χ1v) is 4.92. The summed E-state index contributed by atoms with van der Waals surface area (Å²) in [5, 5.41) is 0. The van der Waals surface area contributed by atoms with Crippen LogP contribution < -0.4 is 0 Å². The first-order valence-electron chi connectivity index (χ1n) is 3.54.